The van der Waals surface area contributed by atoms with Crippen molar-refractivity contribution in [2.75, 3.05) is 11.1 Å². The van der Waals surface area contributed by atoms with Gasteiger partial charge in [0.1, 0.15) is 5.82 Å². The predicted octanol–water partition coefficient (Wildman–Crippen LogP) is 1.50. The van der Waals surface area contributed by atoms with Crippen molar-refractivity contribution in [1.82, 2.24) is 4.98 Å². The molecule has 0 aliphatic heterocycles. The maximum Gasteiger partial charge on any atom is 0.221 e. The zero-order valence-electron chi connectivity index (χ0n) is 8.08. The van der Waals surface area contributed by atoms with E-state index in [1.165, 1.54) is 19.8 Å². The Hall–Kier alpha value is -1.58. The van der Waals surface area contributed by atoms with Crippen LogP contribution in [0.5, 0.6) is 0 Å². The Morgan fingerprint density at radius 1 is 1.64 bits per heavy atom. The number of anilines is 2. The van der Waals surface area contributed by atoms with Gasteiger partial charge >= 0.3 is 0 Å². The van der Waals surface area contributed by atoms with E-state index in [1.54, 1.807) is 6.20 Å². The first-order valence-corrected chi connectivity index (χ1v) is 4.70. The van der Waals surface area contributed by atoms with Crippen LogP contribution in [-0.4, -0.2) is 10.9 Å². The maximum atomic E-state index is 10.8. The smallest absolute Gasteiger partial charge is 0.221 e. The molecule has 0 bridgehead atoms. The minimum Gasteiger partial charge on any atom is -0.383 e. The van der Waals surface area contributed by atoms with Crippen molar-refractivity contribution in [3.05, 3.63) is 17.8 Å². The number of nitrogens with zero attached hydrogens (tertiary/aromatic N) is 1. The van der Waals surface area contributed by atoms with Crippen molar-refractivity contribution < 1.29 is 4.79 Å². The summed E-state index contributed by atoms with van der Waals surface area (Å²) in [5, 5.41) is 2.70. The summed E-state index contributed by atoms with van der Waals surface area (Å²) >= 11 is 0. The van der Waals surface area contributed by atoms with Crippen LogP contribution in [0.3, 0.4) is 0 Å². The van der Waals surface area contributed by atoms with E-state index in [0.29, 0.717) is 11.7 Å². The molecule has 1 aromatic rings. The lowest BCUT2D eigenvalue weighted by Gasteiger charge is -2.06. The van der Waals surface area contributed by atoms with Gasteiger partial charge in [0.25, 0.3) is 0 Å². The number of carbonyl (C=O) groups excluding carboxylic acids is 1. The van der Waals surface area contributed by atoms with Gasteiger partial charge in [-0.25, -0.2) is 4.98 Å². The monoisotopic (exact) mass is 191 g/mol. The number of aromatic nitrogens is 1. The fourth-order valence-corrected chi connectivity index (χ4v) is 1.49. The normalized spacial score (nSPS) is 15.2. The molecule has 0 aromatic carbocycles. The molecule has 0 unspecified atom stereocenters. The summed E-state index contributed by atoms with van der Waals surface area (Å²) in [6.07, 6.45) is 3.94. The molecule has 0 spiro atoms. The van der Waals surface area contributed by atoms with E-state index < -0.39 is 0 Å². The van der Waals surface area contributed by atoms with E-state index in [-0.39, 0.29) is 5.91 Å². The number of hydrogen-bond acceptors (Lipinski definition) is 3. The van der Waals surface area contributed by atoms with Gasteiger partial charge in [-0.3, -0.25) is 4.79 Å². The summed E-state index contributed by atoms with van der Waals surface area (Å²) in [5.41, 5.74) is 7.53. The maximum absolute atomic E-state index is 10.8. The average Bonchev–Trinajstić information content (AvgIpc) is 2.90. The topological polar surface area (TPSA) is 68.0 Å². The average molecular weight is 191 g/mol. The number of hydrogen-bond donors (Lipinski definition) is 2. The molecule has 1 amide bonds. The molecule has 4 heteroatoms. The third-order valence-corrected chi connectivity index (χ3v) is 2.29. The molecule has 14 heavy (non-hydrogen) atoms. The standard InChI is InChI=1S/C10H13N3O/c1-6(14)13-8-4-9(7-2-3-7)10(11)12-5-8/h4-5,7H,2-3H2,1H3,(H2,11,12)(H,13,14). The second-order valence-electron chi connectivity index (χ2n) is 3.65. The number of rotatable bonds is 2. The lowest BCUT2D eigenvalue weighted by molar-refractivity contribution is -0.114. The van der Waals surface area contributed by atoms with E-state index in [4.69, 9.17) is 5.73 Å². The zero-order chi connectivity index (χ0) is 10.1. The van der Waals surface area contributed by atoms with Crippen LogP contribution in [0.4, 0.5) is 11.5 Å². The zero-order valence-corrected chi connectivity index (χ0v) is 8.08. The van der Waals surface area contributed by atoms with Crippen molar-refractivity contribution in [1.29, 1.82) is 0 Å². The second kappa shape index (κ2) is 3.29. The van der Waals surface area contributed by atoms with E-state index in [0.717, 1.165) is 11.3 Å². The largest absolute Gasteiger partial charge is 0.383 e. The van der Waals surface area contributed by atoms with E-state index >= 15 is 0 Å². The SMILES string of the molecule is CC(=O)Nc1cnc(N)c(C2CC2)c1. The number of carbonyl (C=O) groups is 1. The fraction of sp³-hybridized carbons (Fsp3) is 0.400. The van der Waals surface area contributed by atoms with Gasteiger partial charge in [-0.15, -0.1) is 0 Å². The van der Waals surface area contributed by atoms with Crippen molar-refractivity contribution in [2.45, 2.75) is 25.7 Å². The molecule has 1 saturated carbocycles. The number of nitrogen functional groups attached to an aromatic ring is 1. The molecule has 0 saturated heterocycles. The summed E-state index contributed by atoms with van der Waals surface area (Å²) in [4.78, 5) is 14.9. The molecule has 1 fully saturated rings. The molecule has 3 N–H and O–H groups in total. The van der Waals surface area contributed by atoms with E-state index in [2.05, 4.69) is 10.3 Å². The van der Waals surface area contributed by atoms with Crippen LogP contribution in [-0.2, 0) is 4.79 Å². The minimum absolute atomic E-state index is 0.0849. The van der Waals surface area contributed by atoms with E-state index in [9.17, 15) is 4.79 Å². The quantitative estimate of drug-likeness (QED) is 0.744. The molecule has 1 aromatic heterocycles. The summed E-state index contributed by atoms with van der Waals surface area (Å²) in [6.45, 7) is 1.48. The molecular weight excluding hydrogens is 178 g/mol. The Kier molecular flexibility index (Phi) is 2.11. The van der Waals surface area contributed by atoms with Crippen molar-refractivity contribution in [3.8, 4) is 0 Å². The third kappa shape index (κ3) is 1.84. The third-order valence-electron chi connectivity index (χ3n) is 2.29. The number of nitrogens with two attached hydrogens (primary N) is 1. The fourth-order valence-electron chi connectivity index (χ4n) is 1.49. The Morgan fingerprint density at radius 2 is 2.36 bits per heavy atom. The lowest BCUT2D eigenvalue weighted by atomic mass is 10.1. The van der Waals surface area contributed by atoms with Crippen LogP contribution in [0.25, 0.3) is 0 Å². The summed E-state index contributed by atoms with van der Waals surface area (Å²) in [7, 11) is 0. The van der Waals surface area contributed by atoms with Crippen LogP contribution in [0.1, 0.15) is 31.2 Å². The molecule has 1 heterocycles. The van der Waals surface area contributed by atoms with Gasteiger partial charge in [0.05, 0.1) is 11.9 Å². The van der Waals surface area contributed by atoms with Crippen molar-refractivity contribution in [3.63, 3.8) is 0 Å². The number of amides is 1. The summed E-state index contributed by atoms with van der Waals surface area (Å²) < 4.78 is 0. The van der Waals surface area contributed by atoms with Gasteiger partial charge in [0.2, 0.25) is 5.91 Å². The highest BCUT2D eigenvalue weighted by Crippen LogP contribution is 2.42. The minimum atomic E-state index is -0.0849. The van der Waals surface area contributed by atoms with Gasteiger partial charge in [-0.1, -0.05) is 0 Å². The molecule has 0 atom stereocenters. The van der Waals surface area contributed by atoms with Gasteiger partial charge in [0.15, 0.2) is 0 Å². The van der Waals surface area contributed by atoms with Gasteiger partial charge in [0, 0.05) is 6.92 Å². The summed E-state index contributed by atoms with van der Waals surface area (Å²) in [5.74, 6) is 1.05. The summed E-state index contributed by atoms with van der Waals surface area (Å²) in [6, 6.07) is 1.92. The second-order valence-corrected chi connectivity index (χ2v) is 3.65. The Morgan fingerprint density at radius 3 is 2.93 bits per heavy atom. The highest BCUT2D eigenvalue weighted by Gasteiger charge is 2.26. The van der Waals surface area contributed by atoms with Gasteiger partial charge in [-0.2, -0.15) is 0 Å². The molecule has 1 aliphatic carbocycles. The van der Waals surface area contributed by atoms with Gasteiger partial charge in [-0.05, 0) is 30.4 Å². The number of pyridine rings is 1. The van der Waals surface area contributed by atoms with Crippen LogP contribution < -0.4 is 11.1 Å². The van der Waals surface area contributed by atoms with Gasteiger partial charge < -0.3 is 11.1 Å². The molecule has 2 rings (SSSR count). The van der Waals surface area contributed by atoms with Crippen LogP contribution in [0, 0.1) is 0 Å². The first kappa shape index (κ1) is 8.99. The highest BCUT2D eigenvalue weighted by atomic mass is 16.1. The predicted molar refractivity (Wildman–Crippen MR) is 54.9 cm³/mol. The Labute approximate surface area is 82.5 Å². The lowest BCUT2D eigenvalue weighted by Crippen LogP contribution is -2.07. The first-order valence-electron chi connectivity index (χ1n) is 4.70. The van der Waals surface area contributed by atoms with Crippen LogP contribution >= 0.6 is 0 Å². The molecule has 0 radical (unpaired) electrons. The number of nitrogens with one attached hydrogen (secondary N) is 1. The van der Waals surface area contributed by atoms with Crippen LogP contribution in [0.15, 0.2) is 12.3 Å². The molecule has 1 aliphatic rings. The van der Waals surface area contributed by atoms with E-state index in [1.807, 2.05) is 6.07 Å². The Bertz CT molecular complexity index is 372. The highest BCUT2D eigenvalue weighted by molar-refractivity contribution is 5.88. The Balaban J connectivity index is 2.26. The first-order chi connectivity index (χ1) is 6.66. The van der Waals surface area contributed by atoms with Crippen molar-refractivity contribution >= 4 is 17.4 Å². The van der Waals surface area contributed by atoms with Crippen molar-refractivity contribution in [2.24, 2.45) is 0 Å². The molecular formula is C10H13N3O. The van der Waals surface area contributed by atoms with Crippen LogP contribution in [0.2, 0.25) is 0 Å². The molecule has 4 nitrogen and oxygen atoms in total. The molecule has 74 valence electrons.